The van der Waals surface area contributed by atoms with Crippen molar-refractivity contribution in [1.82, 2.24) is 0 Å². The van der Waals surface area contributed by atoms with Crippen LogP contribution in [0, 0.1) is 11.8 Å². The lowest BCUT2D eigenvalue weighted by atomic mass is 9.72. The Labute approximate surface area is 106 Å². The molecule has 3 aliphatic rings. The molecule has 1 N–H and O–H groups in total. The highest BCUT2D eigenvalue weighted by Crippen LogP contribution is 2.62. The standard InChI is InChI=1S/C16H16O2/c1-9-6-7-11-10-4-2-3-5-13(10)16(18)14(17)8-12(9)15(11)16/h2-6,11-12,15,18H,7-8H2,1H3/t11-,12-,15+,16+/m0/s1. The summed E-state index contributed by atoms with van der Waals surface area (Å²) < 4.78 is 0. The van der Waals surface area contributed by atoms with Crippen LogP contribution in [0.1, 0.15) is 36.8 Å². The van der Waals surface area contributed by atoms with Crippen LogP contribution in [0.2, 0.25) is 0 Å². The van der Waals surface area contributed by atoms with Gasteiger partial charge in [0.15, 0.2) is 11.4 Å². The molecule has 0 saturated heterocycles. The first-order chi connectivity index (χ1) is 8.64. The summed E-state index contributed by atoms with van der Waals surface area (Å²) in [6, 6.07) is 7.95. The van der Waals surface area contributed by atoms with E-state index >= 15 is 0 Å². The van der Waals surface area contributed by atoms with Crippen LogP contribution in [0.3, 0.4) is 0 Å². The van der Waals surface area contributed by atoms with Crippen molar-refractivity contribution in [1.29, 1.82) is 0 Å². The highest BCUT2D eigenvalue weighted by molar-refractivity contribution is 5.93. The van der Waals surface area contributed by atoms with E-state index in [-0.39, 0.29) is 17.6 Å². The summed E-state index contributed by atoms with van der Waals surface area (Å²) in [6.07, 6.45) is 3.72. The van der Waals surface area contributed by atoms with Crippen LogP contribution in [-0.4, -0.2) is 10.9 Å². The number of allylic oxidation sites excluding steroid dienone is 2. The second-order valence-electron chi connectivity index (χ2n) is 5.90. The van der Waals surface area contributed by atoms with Gasteiger partial charge in [-0.1, -0.05) is 35.9 Å². The zero-order chi connectivity index (χ0) is 12.5. The largest absolute Gasteiger partial charge is 0.377 e. The quantitative estimate of drug-likeness (QED) is 0.707. The normalized spacial score (nSPS) is 40.4. The number of aliphatic hydroxyl groups is 1. The molecule has 2 heteroatoms. The van der Waals surface area contributed by atoms with Crippen molar-refractivity contribution in [2.75, 3.05) is 0 Å². The SMILES string of the molecule is CC1=CC[C@H]2c3ccccc3[C@@]3(O)C(=O)C[C@@H]1[C@@H]23. The number of Topliss-reactive ketones (excluding diaryl/α,β-unsaturated/α-hetero) is 1. The Balaban J connectivity index is 2.01. The molecule has 4 atom stereocenters. The third kappa shape index (κ3) is 0.974. The molecule has 4 rings (SSSR count). The van der Waals surface area contributed by atoms with Gasteiger partial charge in [-0.3, -0.25) is 4.79 Å². The lowest BCUT2D eigenvalue weighted by molar-refractivity contribution is -0.137. The van der Waals surface area contributed by atoms with Gasteiger partial charge in [0, 0.05) is 12.3 Å². The number of carbonyl (C=O) groups excluding carboxylic acids is 1. The zero-order valence-corrected chi connectivity index (χ0v) is 10.4. The molecule has 2 nitrogen and oxygen atoms in total. The third-order valence-corrected chi connectivity index (χ3v) is 5.23. The van der Waals surface area contributed by atoms with Crippen LogP contribution >= 0.6 is 0 Å². The predicted molar refractivity (Wildman–Crippen MR) is 68.1 cm³/mol. The molecule has 1 aromatic carbocycles. The zero-order valence-electron chi connectivity index (χ0n) is 10.4. The number of hydrogen-bond acceptors (Lipinski definition) is 2. The first kappa shape index (κ1) is 10.5. The minimum Gasteiger partial charge on any atom is -0.377 e. The Morgan fingerprint density at radius 3 is 2.89 bits per heavy atom. The number of carbonyl (C=O) groups is 1. The molecule has 0 amide bonds. The van der Waals surface area contributed by atoms with Crippen molar-refractivity contribution in [2.24, 2.45) is 11.8 Å². The maximum absolute atomic E-state index is 12.4. The lowest BCUT2D eigenvalue weighted by Gasteiger charge is -2.32. The minimum atomic E-state index is -1.21. The molecule has 0 radical (unpaired) electrons. The van der Waals surface area contributed by atoms with Gasteiger partial charge in [-0.15, -0.1) is 0 Å². The highest BCUT2D eigenvalue weighted by atomic mass is 16.3. The second-order valence-corrected chi connectivity index (χ2v) is 5.90. The number of fused-ring (bicyclic) bond motifs is 3. The Hall–Kier alpha value is -1.41. The first-order valence-corrected chi connectivity index (χ1v) is 6.65. The summed E-state index contributed by atoms with van der Waals surface area (Å²) >= 11 is 0. The Kier molecular flexibility index (Phi) is 1.82. The van der Waals surface area contributed by atoms with Crippen molar-refractivity contribution in [2.45, 2.75) is 31.3 Å². The van der Waals surface area contributed by atoms with Crippen molar-refractivity contribution >= 4 is 5.78 Å². The lowest BCUT2D eigenvalue weighted by Crippen LogP contribution is -2.36. The summed E-state index contributed by atoms with van der Waals surface area (Å²) in [5.41, 5.74) is 2.14. The van der Waals surface area contributed by atoms with E-state index < -0.39 is 5.60 Å². The fourth-order valence-corrected chi connectivity index (χ4v) is 4.40. The van der Waals surface area contributed by atoms with Crippen LogP contribution in [0.15, 0.2) is 35.9 Å². The molecule has 0 unspecified atom stereocenters. The van der Waals surface area contributed by atoms with Crippen LogP contribution in [-0.2, 0) is 10.4 Å². The van der Waals surface area contributed by atoms with Gasteiger partial charge in [-0.25, -0.2) is 0 Å². The van der Waals surface area contributed by atoms with Crippen LogP contribution in [0.4, 0.5) is 0 Å². The molecule has 1 aromatic rings. The van der Waals surface area contributed by atoms with Crippen molar-refractivity contribution in [3.8, 4) is 0 Å². The third-order valence-electron chi connectivity index (χ3n) is 5.23. The average molecular weight is 240 g/mol. The van der Waals surface area contributed by atoms with E-state index in [1.807, 2.05) is 18.2 Å². The summed E-state index contributed by atoms with van der Waals surface area (Å²) in [7, 11) is 0. The van der Waals surface area contributed by atoms with Crippen molar-refractivity contribution < 1.29 is 9.90 Å². The van der Waals surface area contributed by atoms with Crippen LogP contribution in [0.25, 0.3) is 0 Å². The van der Waals surface area contributed by atoms with Crippen molar-refractivity contribution in [3.05, 3.63) is 47.0 Å². The highest BCUT2D eigenvalue weighted by Gasteiger charge is 2.63. The van der Waals surface area contributed by atoms with Crippen LogP contribution < -0.4 is 0 Å². The molecule has 0 spiro atoms. The topological polar surface area (TPSA) is 37.3 Å². The van der Waals surface area contributed by atoms with Gasteiger partial charge in [0.25, 0.3) is 0 Å². The van der Waals surface area contributed by atoms with E-state index in [0.717, 1.165) is 12.0 Å². The summed E-state index contributed by atoms with van der Waals surface area (Å²) in [6.45, 7) is 2.10. The maximum atomic E-state index is 12.4. The molecule has 0 bridgehead atoms. The predicted octanol–water partition coefficient (Wildman–Crippen LogP) is 2.53. The fraction of sp³-hybridized carbons (Fsp3) is 0.438. The molecule has 92 valence electrons. The van der Waals surface area contributed by atoms with Gasteiger partial charge >= 0.3 is 0 Å². The molecule has 0 aromatic heterocycles. The molecule has 1 saturated carbocycles. The summed E-state index contributed by atoms with van der Waals surface area (Å²) in [5.74, 6) is 0.662. The molecule has 3 aliphatic carbocycles. The molecule has 18 heavy (non-hydrogen) atoms. The number of rotatable bonds is 0. The number of ketones is 1. The van der Waals surface area contributed by atoms with Gasteiger partial charge in [-0.05, 0) is 36.3 Å². The molecule has 0 heterocycles. The van der Waals surface area contributed by atoms with Gasteiger partial charge < -0.3 is 5.11 Å². The summed E-state index contributed by atoms with van der Waals surface area (Å²) in [5, 5.41) is 11.0. The number of hydrogen-bond donors (Lipinski definition) is 1. The van der Waals surface area contributed by atoms with E-state index in [9.17, 15) is 9.90 Å². The molecular formula is C16H16O2. The van der Waals surface area contributed by atoms with Gasteiger partial charge in [-0.2, -0.15) is 0 Å². The van der Waals surface area contributed by atoms with E-state index in [1.165, 1.54) is 11.1 Å². The van der Waals surface area contributed by atoms with Gasteiger partial charge in [0.1, 0.15) is 0 Å². The van der Waals surface area contributed by atoms with E-state index in [1.54, 1.807) is 0 Å². The average Bonchev–Trinajstić information content (AvgIpc) is 2.80. The van der Waals surface area contributed by atoms with Crippen LogP contribution in [0.5, 0.6) is 0 Å². The first-order valence-electron chi connectivity index (χ1n) is 6.65. The Morgan fingerprint density at radius 2 is 2.06 bits per heavy atom. The summed E-state index contributed by atoms with van der Waals surface area (Å²) in [4.78, 5) is 12.4. The molecule has 1 fully saturated rings. The Bertz CT molecular complexity index is 587. The maximum Gasteiger partial charge on any atom is 0.169 e. The smallest absolute Gasteiger partial charge is 0.169 e. The Morgan fingerprint density at radius 1 is 1.28 bits per heavy atom. The van der Waals surface area contributed by atoms with Gasteiger partial charge in [0.2, 0.25) is 0 Å². The molecular weight excluding hydrogens is 224 g/mol. The van der Waals surface area contributed by atoms with E-state index in [2.05, 4.69) is 19.1 Å². The van der Waals surface area contributed by atoms with Gasteiger partial charge in [0.05, 0.1) is 0 Å². The monoisotopic (exact) mass is 240 g/mol. The van der Waals surface area contributed by atoms with E-state index in [4.69, 9.17) is 0 Å². The molecule has 0 aliphatic heterocycles. The minimum absolute atomic E-state index is 0.0158. The number of benzene rings is 1. The van der Waals surface area contributed by atoms with Crippen molar-refractivity contribution in [3.63, 3.8) is 0 Å². The second kappa shape index (κ2) is 3.12. The fourth-order valence-electron chi connectivity index (χ4n) is 4.40. The van der Waals surface area contributed by atoms with E-state index in [0.29, 0.717) is 12.3 Å².